The van der Waals surface area contributed by atoms with Gasteiger partial charge in [0.15, 0.2) is 12.1 Å². The molecule has 5 nitrogen and oxygen atoms in total. The maximum Gasteiger partial charge on any atom is 0.251 e. The van der Waals surface area contributed by atoms with Crippen LogP contribution in [0.3, 0.4) is 0 Å². The smallest absolute Gasteiger partial charge is 0.251 e. The van der Waals surface area contributed by atoms with Crippen molar-refractivity contribution in [3.8, 4) is 0 Å². The number of aromatic nitrogens is 2. The van der Waals surface area contributed by atoms with E-state index in [0.717, 1.165) is 11.0 Å². The van der Waals surface area contributed by atoms with Crippen molar-refractivity contribution in [1.29, 1.82) is 0 Å². The van der Waals surface area contributed by atoms with E-state index in [1.54, 1.807) is 14.2 Å². The summed E-state index contributed by atoms with van der Waals surface area (Å²) in [5.41, 5.74) is 1.95. The summed E-state index contributed by atoms with van der Waals surface area (Å²) in [5.74, 6) is -0.291. The highest BCUT2D eigenvalue weighted by molar-refractivity contribution is 5.76. The number of para-hydroxylation sites is 2. The third-order valence-electron chi connectivity index (χ3n) is 3.40. The number of fused-ring (bicyclic) bond motifs is 1. The van der Waals surface area contributed by atoms with Crippen molar-refractivity contribution in [1.82, 2.24) is 9.55 Å². The summed E-state index contributed by atoms with van der Waals surface area (Å²) in [6.07, 6.45) is 3.24. The number of rotatable bonds is 3. The quantitative estimate of drug-likeness (QED) is 0.791. The Balaban J connectivity index is 2.13. The Kier molecular flexibility index (Phi) is 2.89. The SMILES string of the molecule is CO[C@H]1C=C[C@](OC)(c2nc3ccccc3n2C)O1. The average Bonchev–Trinajstić information content (AvgIpc) is 3.02. The van der Waals surface area contributed by atoms with Crippen molar-refractivity contribution in [2.75, 3.05) is 14.2 Å². The molecule has 1 aromatic heterocycles. The second-order valence-electron chi connectivity index (χ2n) is 4.44. The van der Waals surface area contributed by atoms with Crippen molar-refractivity contribution in [2.45, 2.75) is 12.1 Å². The van der Waals surface area contributed by atoms with Gasteiger partial charge in [0.25, 0.3) is 5.79 Å². The molecule has 1 aliphatic rings. The highest BCUT2D eigenvalue weighted by atomic mass is 16.8. The Morgan fingerprint density at radius 1 is 1.32 bits per heavy atom. The predicted octanol–water partition coefficient (Wildman–Crippen LogP) is 1.93. The fraction of sp³-hybridized carbons (Fsp3) is 0.357. The zero-order valence-corrected chi connectivity index (χ0v) is 11.2. The lowest BCUT2D eigenvalue weighted by Gasteiger charge is -2.26. The van der Waals surface area contributed by atoms with Crippen LogP contribution in [0.1, 0.15) is 5.82 Å². The van der Waals surface area contributed by atoms with Crippen molar-refractivity contribution < 1.29 is 14.2 Å². The molecule has 0 unspecified atom stereocenters. The van der Waals surface area contributed by atoms with Gasteiger partial charge in [0.2, 0.25) is 0 Å². The number of hydrogen-bond acceptors (Lipinski definition) is 4. The Morgan fingerprint density at radius 2 is 2.11 bits per heavy atom. The van der Waals surface area contributed by atoms with Crippen molar-refractivity contribution in [2.24, 2.45) is 7.05 Å². The number of ether oxygens (including phenoxy) is 3. The molecule has 0 fully saturated rings. The molecule has 0 bridgehead atoms. The zero-order chi connectivity index (χ0) is 13.5. The van der Waals surface area contributed by atoms with E-state index >= 15 is 0 Å². The lowest BCUT2D eigenvalue weighted by atomic mass is 10.2. The molecular weight excluding hydrogens is 244 g/mol. The monoisotopic (exact) mass is 260 g/mol. The highest BCUT2D eigenvalue weighted by Gasteiger charge is 2.42. The van der Waals surface area contributed by atoms with E-state index in [1.807, 2.05) is 48.0 Å². The van der Waals surface area contributed by atoms with E-state index in [-0.39, 0.29) is 0 Å². The number of aryl methyl sites for hydroxylation is 1. The Labute approximate surface area is 111 Å². The molecule has 0 N–H and O–H groups in total. The van der Waals surface area contributed by atoms with Crippen LogP contribution in [0, 0.1) is 0 Å². The molecule has 2 heterocycles. The maximum absolute atomic E-state index is 5.80. The Bertz CT molecular complexity index is 635. The molecule has 19 heavy (non-hydrogen) atoms. The lowest BCUT2D eigenvalue weighted by molar-refractivity contribution is -0.253. The molecule has 5 heteroatoms. The number of benzene rings is 1. The molecule has 1 aliphatic heterocycles. The van der Waals surface area contributed by atoms with Crippen LogP contribution in [-0.2, 0) is 27.0 Å². The Hall–Kier alpha value is -1.69. The second kappa shape index (κ2) is 4.45. The molecule has 0 saturated carbocycles. The van der Waals surface area contributed by atoms with Gasteiger partial charge in [0, 0.05) is 21.3 Å². The number of hydrogen-bond donors (Lipinski definition) is 0. The van der Waals surface area contributed by atoms with Gasteiger partial charge in [-0.3, -0.25) is 0 Å². The summed E-state index contributed by atoms with van der Waals surface area (Å²) in [7, 11) is 5.14. The van der Waals surface area contributed by atoms with E-state index in [1.165, 1.54) is 0 Å². The highest BCUT2D eigenvalue weighted by Crippen LogP contribution is 2.35. The standard InChI is InChI=1S/C14H16N2O3/c1-16-11-7-5-4-6-10(11)15-13(16)14(18-3)9-8-12(17-2)19-14/h4-9,12H,1-3H3/t12-,14-/m1/s1. The predicted molar refractivity (Wildman–Crippen MR) is 70.4 cm³/mol. The van der Waals surface area contributed by atoms with Crippen LogP contribution in [0.15, 0.2) is 36.4 Å². The third kappa shape index (κ3) is 1.78. The van der Waals surface area contributed by atoms with Crippen molar-refractivity contribution in [3.63, 3.8) is 0 Å². The first-order chi connectivity index (χ1) is 9.20. The van der Waals surface area contributed by atoms with Crippen LogP contribution < -0.4 is 0 Å². The molecule has 1 aromatic carbocycles. The number of nitrogens with zero attached hydrogens (tertiary/aromatic N) is 2. The molecule has 100 valence electrons. The molecule has 0 radical (unpaired) electrons. The van der Waals surface area contributed by atoms with Crippen LogP contribution in [0.4, 0.5) is 0 Å². The van der Waals surface area contributed by atoms with Gasteiger partial charge >= 0.3 is 0 Å². The third-order valence-corrected chi connectivity index (χ3v) is 3.40. The van der Waals surface area contributed by atoms with Gasteiger partial charge in [-0.25, -0.2) is 4.98 Å². The number of imidazole rings is 1. The molecule has 2 aromatic rings. The molecular formula is C14H16N2O3. The van der Waals surface area contributed by atoms with Gasteiger partial charge in [-0.05, 0) is 24.3 Å². The molecule has 2 atom stereocenters. The van der Waals surface area contributed by atoms with Gasteiger partial charge in [-0.15, -0.1) is 0 Å². The van der Waals surface area contributed by atoms with E-state index in [0.29, 0.717) is 5.82 Å². The minimum absolute atomic E-state index is 0.417. The first kappa shape index (κ1) is 12.3. The summed E-state index contributed by atoms with van der Waals surface area (Å²) in [5, 5.41) is 0. The van der Waals surface area contributed by atoms with Crippen molar-refractivity contribution in [3.05, 3.63) is 42.2 Å². The molecule has 0 saturated heterocycles. The molecule has 3 rings (SSSR count). The molecule has 0 amide bonds. The minimum Gasteiger partial charge on any atom is -0.352 e. The van der Waals surface area contributed by atoms with Crippen LogP contribution in [0.25, 0.3) is 11.0 Å². The van der Waals surface area contributed by atoms with Crippen LogP contribution in [0.5, 0.6) is 0 Å². The maximum atomic E-state index is 5.80. The summed E-state index contributed by atoms with van der Waals surface area (Å²) >= 11 is 0. The van der Waals surface area contributed by atoms with Gasteiger partial charge in [0.05, 0.1) is 11.0 Å². The van der Waals surface area contributed by atoms with Gasteiger partial charge in [0.1, 0.15) is 0 Å². The van der Waals surface area contributed by atoms with E-state index in [2.05, 4.69) is 4.98 Å². The van der Waals surface area contributed by atoms with E-state index in [4.69, 9.17) is 14.2 Å². The normalized spacial score (nSPS) is 26.4. The van der Waals surface area contributed by atoms with Crippen LogP contribution in [-0.4, -0.2) is 30.1 Å². The van der Waals surface area contributed by atoms with E-state index < -0.39 is 12.1 Å². The van der Waals surface area contributed by atoms with Crippen LogP contribution >= 0.6 is 0 Å². The second-order valence-corrected chi connectivity index (χ2v) is 4.44. The average molecular weight is 260 g/mol. The summed E-state index contributed by atoms with van der Waals surface area (Å²) in [6, 6.07) is 7.93. The largest absolute Gasteiger partial charge is 0.352 e. The zero-order valence-electron chi connectivity index (χ0n) is 11.2. The Morgan fingerprint density at radius 3 is 2.74 bits per heavy atom. The summed E-state index contributed by atoms with van der Waals surface area (Å²) in [4.78, 5) is 4.61. The van der Waals surface area contributed by atoms with Crippen molar-refractivity contribution >= 4 is 11.0 Å². The summed E-state index contributed by atoms with van der Waals surface area (Å²) in [6.45, 7) is 0. The van der Waals surface area contributed by atoms with Gasteiger partial charge in [-0.2, -0.15) is 0 Å². The topological polar surface area (TPSA) is 45.5 Å². The summed E-state index contributed by atoms with van der Waals surface area (Å²) < 4.78 is 18.5. The molecule has 0 aliphatic carbocycles. The fourth-order valence-electron chi connectivity index (χ4n) is 2.37. The van der Waals surface area contributed by atoms with E-state index in [9.17, 15) is 0 Å². The van der Waals surface area contributed by atoms with Crippen LogP contribution in [0.2, 0.25) is 0 Å². The molecule has 0 spiro atoms. The number of methoxy groups -OCH3 is 2. The van der Waals surface area contributed by atoms with Gasteiger partial charge in [-0.1, -0.05) is 12.1 Å². The first-order valence-electron chi connectivity index (χ1n) is 6.07. The first-order valence-corrected chi connectivity index (χ1v) is 6.07. The minimum atomic E-state index is -0.992. The fourth-order valence-corrected chi connectivity index (χ4v) is 2.37. The van der Waals surface area contributed by atoms with Gasteiger partial charge < -0.3 is 18.8 Å². The lowest BCUT2D eigenvalue weighted by Crippen LogP contribution is -2.32.